The number of esters is 1. The molecule has 0 aliphatic heterocycles. The second kappa shape index (κ2) is 8.09. The zero-order valence-corrected chi connectivity index (χ0v) is 14.8. The molecule has 0 bridgehead atoms. The first kappa shape index (κ1) is 17.4. The van der Waals surface area contributed by atoms with E-state index in [2.05, 4.69) is 10.3 Å². The minimum atomic E-state index is -0.390. The number of carbonyl (C=O) groups is 2. The van der Waals surface area contributed by atoms with Crippen molar-refractivity contribution in [3.63, 3.8) is 0 Å². The number of halogens is 1. The number of nitrogens with zero attached hydrogens (tertiary/aromatic N) is 1. The molecule has 0 radical (unpaired) electrons. The van der Waals surface area contributed by atoms with Gasteiger partial charge in [0.15, 0.2) is 0 Å². The van der Waals surface area contributed by atoms with Crippen LogP contribution in [0.25, 0.3) is 10.2 Å². The molecule has 0 aliphatic rings. The Balaban J connectivity index is 1.44. The lowest BCUT2D eigenvalue weighted by Gasteiger charge is -2.06. The number of para-hydroxylation sites is 1. The SMILES string of the molecule is O=C(CCNC(=O)c1ccccc1Cl)OCc1nc2ccccc2s1. The highest BCUT2D eigenvalue weighted by Gasteiger charge is 2.11. The number of hydrogen-bond acceptors (Lipinski definition) is 5. The number of fused-ring (bicyclic) bond motifs is 1. The molecule has 0 fully saturated rings. The number of amides is 1. The number of hydrogen-bond donors (Lipinski definition) is 1. The second-order valence-electron chi connectivity index (χ2n) is 5.22. The highest BCUT2D eigenvalue weighted by Crippen LogP contribution is 2.22. The number of aromatic nitrogens is 1. The van der Waals surface area contributed by atoms with Crippen LogP contribution in [0.3, 0.4) is 0 Å². The zero-order valence-electron chi connectivity index (χ0n) is 13.2. The predicted molar refractivity (Wildman–Crippen MR) is 97.8 cm³/mol. The van der Waals surface area contributed by atoms with Gasteiger partial charge >= 0.3 is 5.97 Å². The topological polar surface area (TPSA) is 68.3 Å². The summed E-state index contributed by atoms with van der Waals surface area (Å²) >= 11 is 7.45. The largest absolute Gasteiger partial charge is 0.458 e. The summed E-state index contributed by atoms with van der Waals surface area (Å²) in [6, 6.07) is 14.5. The van der Waals surface area contributed by atoms with E-state index in [0.29, 0.717) is 10.6 Å². The van der Waals surface area contributed by atoms with Gasteiger partial charge in [0.2, 0.25) is 0 Å². The molecular formula is C18H15ClN2O3S. The molecular weight excluding hydrogens is 360 g/mol. The van der Waals surface area contributed by atoms with Gasteiger partial charge in [-0.2, -0.15) is 0 Å². The third-order valence-corrected chi connectivity index (χ3v) is 4.77. The number of rotatable bonds is 6. The van der Waals surface area contributed by atoms with Gasteiger partial charge in [-0.05, 0) is 24.3 Å². The van der Waals surface area contributed by atoms with E-state index in [1.165, 1.54) is 11.3 Å². The first-order valence-electron chi connectivity index (χ1n) is 7.66. The van der Waals surface area contributed by atoms with E-state index in [1.807, 2.05) is 24.3 Å². The molecule has 0 unspecified atom stereocenters. The lowest BCUT2D eigenvalue weighted by molar-refractivity contribution is -0.144. The minimum absolute atomic E-state index is 0.0844. The Morgan fingerprint density at radius 3 is 2.68 bits per heavy atom. The maximum Gasteiger partial charge on any atom is 0.307 e. The van der Waals surface area contributed by atoms with Crippen molar-refractivity contribution < 1.29 is 14.3 Å². The summed E-state index contributed by atoms with van der Waals surface area (Å²) in [5.74, 6) is -0.705. The fourth-order valence-electron chi connectivity index (χ4n) is 2.21. The van der Waals surface area contributed by atoms with Crippen LogP contribution in [0, 0.1) is 0 Å². The van der Waals surface area contributed by atoms with Crippen LogP contribution < -0.4 is 5.32 Å². The van der Waals surface area contributed by atoms with Crippen molar-refractivity contribution in [1.29, 1.82) is 0 Å². The van der Waals surface area contributed by atoms with Crippen LogP contribution in [0.1, 0.15) is 21.8 Å². The molecule has 7 heteroatoms. The molecule has 2 aromatic carbocycles. The number of benzene rings is 2. The molecule has 0 atom stereocenters. The van der Waals surface area contributed by atoms with Crippen molar-refractivity contribution in [1.82, 2.24) is 10.3 Å². The molecule has 0 spiro atoms. The summed E-state index contributed by atoms with van der Waals surface area (Å²) < 4.78 is 6.26. The van der Waals surface area contributed by atoms with Gasteiger partial charge in [0.05, 0.1) is 27.2 Å². The van der Waals surface area contributed by atoms with E-state index < -0.39 is 5.97 Å². The van der Waals surface area contributed by atoms with Gasteiger partial charge in [-0.3, -0.25) is 9.59 Å². The third kappa shape index (κ3) is 4.55. The molecule has 1 amide bonds. The van der Waals surface area contributed by atoms with Crippen molar-refractivity contribution in [3.05, 3.63) is 64.1 Å². The lowest BCUT2D eigenvalue weighted by Crippen LogP contribution is -2.26. The van der Waals surface area contributed by atoms with Gasteiger partial charge < -0.3 is 10.1 Å². The molecule has 0 saturated carbocycles. The van der Waals surface area contributed by atoms with Crippen molar-refractivity contribution in [2.75, 3.05) is 6.54 Å². The van der Waals surface area contributed by atoms with Gasteiger partial charge in [-0.15, -0.1) is 11.3 Å². The molecule has 3 rings (SSSR count). The van der Waals surface area contributed by atoms with Crippen LogP contribution in [-0.2, 0) is 16.1 Å². The van der Waals surface area contributed by atoms with Gasteiger partial charge in [0.1, 0.15) is 11.6 Å². The Bertz CT molecular complexity index is 877. The fraction of sp³-hybridized carbons (Fsp3) is 0.167. The van der Waals surface area contributed by atoms with Crippen LogP contribution in [-0.4, -0.2) is 23.4 Å². The van der Waals surface area contributed by atoms with Gasteiger partial charge in [0.25, 0.3) is 5.91 Å². The maximum atomic E-state index is 12.0. The Kier molecular flexibility index (Phi) is 5.63. The predicted octanol–water partition coefficient (Wildman–Crippen LogP) is 3.81. The van der Waals surface area contributed by atoms with Gasteiger partial charge in [-0.25, -0.2) is 4.98 Å². The Labute approximate surface area is 153 Å². The van der Waals surface area contributed by atoms with E-state index in [4.69, 9.17) is 16.3 Å². The van der Waals surface area contributed by atoms with Crippen LogP contribution in [0.15, 0.2) is 48.5 Å². The number of ether oxygens (including phenoxy) is 1. The number of thiazole rings is 1. The summed E-state index contributed by atoms with van der Waals surface area (Å²) in [7, 11) is 0. The summed E-state index contributed by atoms with van der Waals surface area (Å²) in [5, 5.41) is 3.77. The van der Waals surface area contributed by atoms with Crippen LogP contribution in [0.5, 0.6) is 0 Å². The molecule has 25 heavy (non-hydrogen) atoms. The monoisotopic (exact) mass is 374 g/mol. The molecule has 128 valence electrons. The molecule has 3 aromatic rings. The average molecular weight is 375 g/mol. The first-order chi connectivity index (χ1) is 12.1. The van der Waals surface area contributed by atoms with Crippen LogP contribution in [0.2, 0.25) is 5.02 Å². The van der Waals surface area contributed by atoms with Crippen LogP contribution in [0.4, 0.5) is 0 Å². The average Bonchev–Trinajstić information content (AvgIpc) is 3.03. The molecule has 5 nitrogen and oxygen atoms in total. The highest BCUT2D eigenvalue weighted by atomic mass is 35.5. The van der Waals surface area contributed by atoms with Crippen molar-refractivity contribution in [3.8, 4) is 0 Å². The number of nitrogens with one attached hydrogen (secondary N) is 1. The van der Waals surface area contributed by atoms with Crippen LogP contribution >= 0.6 is 22.9 Å². The quantitative estimate of drug-likeness (QED) is 0.666. The highest BCUT2D eigenvalue weighted by molar-refractivity contribution is 7.18. The smallest absolute Gasteiger partial charge is 0.307 e. The fourth-order valence-corrected chi connectivity index (χ4v) is 3.32. The molecule has 1 heterocycles. The zero-order chi connectivity index (χ0) is 17.6. The van der Waals surface area contributed by atoms with E-state index >= 15 is 0 Å². The third-order valence-electron chi connectivity index (χ3n) is 3.43. The van der Waals surface area contributed by atoms with Crippen molar-refractivity contribution in [2.45, 2.75) is 13.0 Å². The molecule has 1 N–H and O–H groups in total. The van der Waals surface area contributed by atoms with E-state index in [0.717, 1.165) is 15.2 Å². The normalized spacial score (nSPS) is 10.6. The van der Waals surface area contributed by atoms with E-state index in [1.54, 1.807) is 24.3 Å². The summed E-state index contributed by atoms with van der Waals surface area (Å²) in [6.45, 7) is 0.319. The summed E-state index contributed by atoms with van der Waals surface area (Å²) in [4.78, 5) is 28.2. The Hall–Kier alpha value is -2.44. The number of carbonyl (C=O) groups excluding carboxylic acids is 2. The van der Waals surface area contributed by atoms with Crippen molar-refractivity contribution in [2.24, 2.45) is 0 Å². The standard InChI is InChI=1S/C18H15ClN2O3S/c19-13-6-2-1-5-12(13)18(23)20-10-9-17(22)24-11-16-21-14-7-3-4-8-15(14)25-16/h1-8H,9-11H2,(H,20,23). The first-order valence-corrected chi connectivity index (χ1v) is 8.86. The molecule has 0 saturated heterocycles. The second-order valence-corrected chi connectivity index (χ2v) is 6.74. The van der Waals surface area contributed by atoms with Crippen molar-refractivity contribution >= 4 is 45.0 Å². The Morgan fingerprint density at radius 1 is 1.12 bits per heavy atom. The lowest BCUT2D eigenvalue weighted by atomic mass is 10.2. The van der Waals surface area contributed by atoms with E-state index in [9.17, 15) is 9.59 Å². The molecule has 0 aliphatic carbocycles. The van der Waals surface area contributed by atoms with E-state index in [-0.39, 0.29) is 25.5 Å². The van der Waals surface area contributed by atoms with Gasteiger partial charge in [0, 0.05) is 6.54 Å². The summed E-state index contributed by atoms with van der Waals surface area (Å²) in [5.41, 5.74) is 1.28. The Morgan fingerprint density at radius 2 is 1.88 bits per heavy atom. The van der Waals surface area contributed by atoms with Gasteiger partial charge in [-0.1, -0.05) is 35.9 Å². The summed E-state index contributed by atoms with van der Waals surface area (Å²) in [6.07, 6.45) is 0.0844. The molecule has 1 aromatic heterocycles. The minimum Gasteiger partial charge on any atom is -0.458 e. The maximum absolute atomic E-state index is 12.0.